The van der Waals surface area contributed by atoms with Crippen LogP contribution in [0, 0.1) is 0 Å². The first-order valence-electron chi connectivity index (χ1n) is 6.79. The number of nitrogens with zero attached hydrogens (tertiary/aromatic N) is 4. The van der Waals surface area contributed by atoms with Gasteiger partial charge in [-0.15, -0.1) is 5.10 Å². The van der Waals surface area contributed by atoms with E-state index < -0.39 is 0 Å². The van der Waals surface area contributed by atoms with Crippen LogP contribution >= 0.6 is 0 Å². The van der Waals surface area contributed by atoms with E-state index in [-0.39, 0.29) is 5.56 Å². The fraction of sp³-hybridized carbons (Fsp3) is 0.188. The molecule has 0 unspecified atom stereocenters. The minimum absolute atomic E-state index is 0.111. The average molecular weight is 280 g/mol. The first-order valence-corrected chi connectivity index (χ1v) is 6.79. The zero-order chi connectivity index (χ0) is 14.7. The number of benzene rings is 2. The largest absolute Gasteiger partial charge is 0.283 e. The van der Waals surface area contributed by atoms with E-state index in [9.17, 15) is 4.79 Å². The number of hydrogen-bond acceptors (Lipinski definition) is 4. The van der Waals surface area contributed by atoms with Crippen molar-refractivity contribution in [1.82, 2.24) is 19.9 Å². The summed E-state index contributed by atoms with van der Waals surface area (Å²) in [6, 6.07) is 17.4. The molecule has 1 aromatic heterocycles. The van der Waals surface area contributed by atoms with Gasteiger partial charge < -0.3 is 0 Å². The molecule has 2 aromatic carbocycles. The van der Waals surface area contributed by atoms with Gasteiger partial charge in [0.2, 0.25) is 0 Å². The van der Waals surface area contributed by atoms with Crippen molar-refractivity contribution in [2.75, 3.05) is 7.05 Å². The van der Waals surface area contributed by atoms with Crippen LogP contribution in [0.4, 0.5) is 0 Å². The molecule has 0 N–H and O–H groups in total. The molecule has 0 saturated carbocycles. The highest BCUT2D eigenvalue weighted by atomic mass is 16.1. The SMILES string of the molecule is CN(Cc1ccccc1)Cn1nnc2ccccc2c1=O. The van der Waals surface area contributed by atoms with Gasteiger partial charge in [-0.05, 0) is 24.7 Å². The van der Waals surface area contributed by atoms with Gasteiger partial charge in [-0.2, -0.15) is 4.68 Å². The number of aromatic nitrogens is 3. The minimum atomic E-state index is -0.111. The van der Waals surface area contributed by atoms with Crippen LogP contribution in [-0.2, 0) is 13.2 Å². The van der Waals surface area contributed by atoms with E-state index >= 15 is 0 Å². The van der Waals surface area contributed by atoms with Crippen LogP contribution in [0.1, 0.15) is 5.56 Å². The lowest BCUT2D eigenvalue weighted by atomic mass is 10.2. The van der Waals surface area contributed by atoms with Crippen molar-refractivity contribution in [2.45, 2.75) is 13.2 Å². The maximum atomic E-state index is 12.4. The van der Waals surface area contributed by atoms with Crippen LogP contribution in [0.25, 0.3) is 10.9 Å². The van der Waals surface area contributed by atoms with Gasteiger partial charge in [-0.3, -0.25) is 9.69 Å². The van der Waals surface area contributed by atoms with Crippen LogP contribution in [0.5, 0.6) is 0 Å². The number of hydrogen-bond donors (Lipinski definition) is 0. The Hall–Kier alpha value is -2.53. The van der Waals surface area contributed by atoms with Gasteiger partial charge in [-0.1, -0.05) is 47.7 Å². The Kier molecular flexibility index (Phi) is 3.75. The van der Waals surface area contributed by atoms with Crippen LogP contribution in [0.3, 0.4) is 0 Å². The van der Waals surface area contributed by atoms with E-state index in [1.165, 1.54) is 10.2 Å². The van der Waals surface area contributed by atoms with Gasteiger partial charge in [0, 0.05) is 6.54 Å². The maximum Gasteiger partial charge on any atom is 0.278 e. The van der Waals surface area contributed by atoms with Gasteiger partial charge >= 0.3 is 0 Å². The van der Waals surface area contributed by atoms with E-state index in [0.717, 1.165) is 6.54 Å². The highest BCUT2D eigenvalue weighted by molar-refractivity contribution is 5.76. The molecular formula is C16H16N4O. The predicted octanol–water partition coefficient (Wildman–Crippen LogP) is 1.88. The molecule has 0 aliphatic rings. The van der Waals surface area contributed by atoms with Crippen molar-refractivity contribution >= 4 is 10.9 Å². The van der Waals surface area contributed by atoms with Crippen molar-refractivity contribution in [1.29, 1.82) is 0 Å². The zero-order valence-corrected chi connectivity index (χ0v) is 11.8. The first-order chi connectivity index (χ1) is 10.2. The Balaban J connectivity index is 1.82. The molecule has 0 aliphatic heterocycles. The smallest absolute Gasteiger partial charge is 0.278 e. The maximum absolute atomic E-state index is 12.4. The third-order valence-corrected chi connectivity index (χ3v) is 3.30. The van der Waals surface area contributed by atoms with E-state index in [1.54, 1.807) is 12.1 Å². The summed E-state index contributed by atoms with van der Waals surface area (Å²) in [7, 11) is 1.95. The molecule has 0 saturated heterocycles. The van der Waals surface area contributed by atoms with Gasteiger partial charge in [0.15, 0.2) is 0 Å². The molecule has 1 heterocycles. The number of fused-ring (bicyclic) bond motifs is 1. The molecule has 0 bridgehead atoms. The van der Waals surface area contributed by atoms with Crippen LogP contribution in [0.2, 0.25) is 0 Å². The summed E-state index contributed by atoms with van der Waals surface area (Å²) in [4.78, 5) is 14.4. The predicted molar refractivity (Wildman–Crippen MR) is 81.7 cm³/mol. The second-order valence-electron chi connectivity index (χ2n) is 5.05. The second kappa shape index (κ2) is 5.85. The molecule has 0 aliphatic carbocycles. The minimum Gasteiger partial charge on any atom is -0.283 e. The Labute approximate surface area is 122 Å². The van der Waals surface area contributed by atoms with Crippen molar-refractivity contribution < 1.29 is 0 Å². The summed E-state index contributed by atoms with van der Waals surface area (Å²) < 4.78 is 1.39. The van der Waals surface area contributed by atoms with E-state index in [2.05, 4.69) is 22.4 Å². The molecule has 0 spiro atoms. The topological polar surface area (TPSA) is 51.0 Å². The molecule has 0 atom stereocenters. The highest BCUT2D eigenvalue weighted by Crippen LogP contribution is 2.05. The molecule has 5 nitrogen and oxygen atoms in total. The quantitative estimate of drug-likeness (QED) is 0.732. The molecule has 21 heavy (non-hydrogen) atoms. The van der Waals surface area contributed by atoms with Crippen molar-refractivity contribution in [3.05, 3.63) is 70.5 Å². The van der Waals surface area contributed by atoms with E-state index in [4.69, 9.17) is 0 Å². The third-order valence-electron chi connectivity index (χ3n) is 3.30. The zero-order valence-electron chi connectivity index (χ0n) is 11.8. The Morgan fingerprint density at radius 1 is 1.05 bits per heavy atom. The fourth-order valence-corrected chi connectivity index (χ4v) is 2.29. The van der Waals surface area contributed by atoms with Gasteiger partial charge in [0.25, 0.3) is 5.56 Å². The van der Waals surface area contributed by atoms with Crippen LogP contribution in [0.15, 0.2) is 59.4 Å². The molecule has 0 radical (unpaired) electrons. The third kappa shape index (κ3) is 2.98. The van der Waals surface area contributed by atoms with Gasteiger partial charge in [0.05, 0.1) is 12.1 Å². The second-order valence-corrected chi connectivity index (χ2v) is 5.05. The van der Waals surface area contributed by atoms with Gasteiger partial charge in [-0.25, -0.2) is 0 Å². The standard InChI is InChI=1S/C16H16N4O/c1-19(11-13-7-3-2-4-8-13)12-20-16(21)14-9-5-6-10-15(14)17-18-20/h2-10H,11-12H2,1H3. The lowest BCUT2D eigenvalue weighted by Gasteiger charge is -2.17. The molecule has 106 valence electrons. The summed E-state index contributed by atoms with van der Waals surface area (Å²) in [6.45, 7) is 1.16. The summed E-state index contributed by atoms with van der Waals surface area (Å²) in [5.74, 6) is 0. The molecule has 3 aromatic rings. The number of rotatable bonds is 4. The van der Waals surface area contributed by atoms with Crippen LogP contribution < -0.4 is 5.56 Å². The fourth-order valence-electron chi connectivity index (χ4n) is 2.29. The summed E-state index contributed by atoms with van der Waals surface area (Å²) >= 11 is 0. The Morgan fingerprint density at radius 3 is 2.57 bits per heavy atom. The van der Waals surface area contributed by atoms with E-state index in [0.29, 0.717) is 17.6 Å². The average Bonchev–Trinajstić information content (AvgIpc) is 2.51. The first kappa shape index (κ1) is 13.5. The molecule has 3 rings (SSSR count). The lowest BCUT2D eigenvalue weighted by molar-refractivity contribution is 0.236. The van der Waals surface area contributed by atoms with Crippen molar-refractivity contribution in [3.63, 3.8) is 0 Å². The lowest BCUT2D eigenvalue weighted by Crippen LogP contribution is -2.32. The van der Waals surface area contributed by atoms with Gasteiger partial charge in [0.1, 0.15) is 5.52 Å². The molecule has 0 amide bonds. The summed E-state index contributed by atoms with van der Waals surface area (Å²) in [6.07, 6.45) is 0. The Morgan fingerprint density at radius 2 is 1.76 bits per heavy atom. The molecule has 0 fully saturated rings. The summed E-state index contributed by atoms with van der Waals surface area (Å²) in [5.41, 5.74) is 1.71. The monoisotopic (exact) mass is 280 g/mol. The van der Waals surface area contributed by atoms with Crippen molar-refractivity contribution in [3.8, 4) is 0 Å². The van der Waals surface area contributed by atoms with E-state index in [1.807, 2.05) is 42.3 Å². The highest BCUT2D eigenvalue weighted by Gasteiger charge is 2.07. The van der Waals surface area contributed by atoms with Crippen LogP contribution in [-0.4, -0.2) is 26.9 Å². The normalized spacial score (nSPS) is 11.1. The molecular weight excluding hydrogens is 264 g/mol. The molecule has 5 heteroatoms. The van der Waals surface area contributed by atoms with Crippen molar-refractivity contribution in [2.24, 2.45) is 0 Å². The summed E-state index contributed by atoms with van der Waals surface area (Å²) in [5, 5.41) is 8.69. The Bertz CT molecular complexity index is 798.